The average molecular weight is 290 g/mol. The Balaban J connectivity index is 1.96. The van der Waals surface area contributed by atoms with Gasteiger partial charge in [0.2, 0.25) is 5.91 Å². The van der Waals surface area contributed by atoms with Gasteiger partial charge in [-0.2, -0.15) is 0 Å². The topological polar surface area (TPSA) is 46.3 Å². The number of thioether (sulfide) groups is 1. The van der Waals surface area contributed by atoms with Gasteiger partial charge in [0.25, 0.3) is 5.22 Å². The maximum atomic E-state index is 12.1. The molecule has 1 aromatic heterocycles. The highest BCUT2D eigenvalue weighted by Crippen LogP contribution is 2.23. The molecule has 0 unspecified atom stereocenters. The van der Waals surface area contributed by atoms with Crippen LogP contribution in [0.3, 0.4) is 0 Å². The Bertz CT molecular complexity index is 588. The van der Waals surface area contributed by atoms with Gasteiger partial charge in [-0.1, -0.05) is 36.0 Å². The van der Waals surface area contributed by atoms with Crippen molar-refractivity contribution < 1.29 is 9.21 Å². The normalized spacial score (nSPS) is 10.7. The van der Waals surface area contributed by atoms with Crippen LogP contribution in [0.15, 0.2) is 46.1 Å². The number of para-hydroxylation sites is 2. The fourth-order valence-corrected chi connectivity index (χ4v) is 2.57. The Hall–Kier alpha value is -1.75. The number of carbonyl (C=O) groups is 1. The highest BCUT2D eigenvalue weighted by atomic mass is 32.2. The summed E-state index contributed by atoms with van der Waals surface area (Å²) in [7, 11) is 0. The maximum Gasteiger partial charge on any atom is 0.257 e. The zero-order chi connectivity index (χ0) is 14.5. The Kier molecular flexibility index (Phi) is 4.84. The lowest BCUT2D eigenvalue weighted by molar-refractivity contribution is -0.127. The summed E-state index contributed by atoms with van der Waals surface area (Å²) in [6, 6.07) is 7.58. The molecular weight excluding hydrogens is 272 g/mol. The lowest BCUT2D eigenvalue weighted by Crippen LogP contribution is -2.33. The first-order chi connectivity index (χ1) is 9.60. The molecule has 0 spiro atoms. The molecule has 0 aliphatic carbocycles. The molecular formula is C15H18N2O2S. The summed E-state index contributed by atoms with van der Waals surface area (Å²) in [5.41, 5.74) is 2.54. The molecule has 0 saturated carbocycles. The number of fused-ring (bicyclic) bond motifs is 1. The van der Waals surface area contributed by atoms with E-state index in [1.54, 1.807) is 4.90 Å². The van der Waals surface area contributed by atoms with Gasteiger partial charge in [0.05, 0.1) is 5.75 Å². The first-order valence-corrected chi connectivity index (χ1v) is 7.49. The van der Waals surface area contributed by atoms with Crippen molar-refractivity contribution in [1.82, 2.24) is 9.88 Å². The van der Waals surface area contributed by atoms with Crippen molar-refractivity contribution in [2.75, 3.05) is 18.8 Å². The zero-order valence-electron chi connectivity index (χ0n) is 11.8. The Morgan fingerprint density at radius 2 is 2.20 bits per heavy atom. The van der Waals surface area contributed by atoms with Gasteiger partial charge in [-0.05, 0) is 26.0 Å². The van der Waals surface area contributed by atoms with Crippen molar-refractivity contribution in [3.63, 3.8) is 0 Å². The largest absolute Gasteiger partial charge is 0.431 e. The Labute approximate surface area is 122 Å². The number of benzene rings is 1. The third-order valence-corrected chi connectivity index (χ3v) is 3.60. The molecule has 0 atom stereocenters. The zero-order valence-corrected chi connectivity index (χ0v) is 12.6. The third kappa shape index (κ3) is 3.63. The minimum Gasteiger partial charge on any atom is -0.431 e. The minimum absolute atomic E-state index is 0.0720. The standard InChI is InChI=1S/C15H18N2O2S/c1-4-17(9-11(2)3)14(18)10-20-15-16-12-7-5-6-8-13(12)19-15/h5-8H,2,4,9-10H2,1,3H3. The van der Waals surface area contributed by atoms with E-state index in [1.807, 2.05) is 38.1 Å². The number of amides is 1. The third-order valence-electron chi connectivity index (χ3n) is 2.79. The van der Waals surface area contributed by atoms with E-state index in [2.05, 4.69) is 11.6 Å². The summed E-state index contributed by atoms with van der Waals surface area (Å²) in [4.78, 5) is 18.2. The maximum absolute atomic E-state index is 12.1. The van der Waals surface area contributed by atoms with Gasteiger partial charge in [0, 0.05) is 13.1 Å². The predicted octanol–water partition coefficient (Wildman–Crippen LogP) is 3.34. The summed E-state index contributed by atoms with van der Waals surface area (Å²) in [5.74, 6) is 0.399. The van der Waals surface area contributed by atoms with Crippen molar-refractivity contribution in [2.24, 2.45) is 0 Å². The molecule has 0 fully saturated rings. The van der Waals surface area contributed by atoms with E-state index < -0.39 is 0 Å². The molecule has 0 aliphatic rings. The number of rotatable bonds is 6. The second-order valence-electron chi connectivity index (χ2n) is 4.60. The van der Waals surface area contributed by atoms with Crippen LogP contribution in [0.2, 0.25) is 0 Å². The van der Waals surface area contributed by atoms with Crippen LogP contribution >= 0.6 is 11.8 Å². The summed E-state index contributed by atoms with van der Waals surface area (Å²) >= 11 is 1.33. The molecule has 0 radical (unpaired) electrons. The quantitative estimate of drug-likeness (QED) is 0.604. The minimum atomic E-state index is 0.0720. The van der Waals surface area contributed by atoms with E-state index in [4.69, 9.17) is 4.42 Å². The van der Waals surface area contributed by atoms with Crippen LogP contribution in [0.4, 0.5) is 0 Å². The van der Waals surface area contributed by atoms with E-state index >= 15 is 0 Å². The molecule has 2 aromatic rings. The number of likely N-dealkylation sites (N-methyl/N-ethyl adjacent to an activating group) is 1. The molecule has 1 amide bonds. The van der Waals surface area contributed by atoms with Crippen molar-refractivity contribution in [2.45, 2.75) is 19.1 Å². The number of nitrogens with zero attached hydrogens (tertiary/aromatic N) is 2. The summed E-state index contributed by atoms with van der Waals surface area (Å²) < 4.78 is 5.58. The first-order valence-electron chi connectivity index (χ1n) is 6.50. The van der Waals surface area contributed by atoms with Crippen LogP contribution in [0, 0.1) is 0 Å². The van der Waals surface area contributed by atoms with Crippen molar-refractivity contribution in [1.29, 1.82) is 0 Å². The Morgan fingerprint density at radius 1 is 1.45 bits per heavy atom. The van der Waals surface area contributed by atoms with Gasteiger partial charge in [-0.15, -0.1) is 0 Å². The number of hydrogen-bond acceptors (Lipinski definition) is 4. The number of oxazole rings is 1. The molecule has 0 saturated heterocycles. The van der Waals surface area contributed by atoms with E-state index in [9.17, 15) is 4.79 Å². The molecule has 5 heteroatoms. The highest BCUT2D eigenvalue weighted by Gasteiger charge is 2.14. The number of carbonyl (C=O) groups excluding carboxylic acids is 1. The van der Waals surface area contributed by atoms with Crippen molar-refractivity contribution in [3.05, 3.63) is 36.4 Å². The summed E-state index contributed by atoms with van der Waals surface area (Å²) in [6.07, 6.45) is 0. The second kappa shape index (κ2) is 6.61. The van der Waals surface area contributed by atoms with E-state index in [1.165, 1.54) is 11.8 Å². The lowest BCUT2D eigenvalue weighted by Gasteiger charge is -2.20. The van der Waals surface area contributed by atoms with Gasteiger partial charge < -0.3 is 9.32 Å². The van der Waals surface area contributed by atoms with E-state index in [0.717, 1.165) is 16.7 Å². The van der Waals surface area contributed by atoms with Gasteiger partial charge in [0.15, 0.2) is 5.58 Å². The molecule has 106 valence electrons. The molecule has 0 N–H and O–H groups in total. The fourth-order valence-electron chi connectivity index (χ4n) is 1.83. The molecule has 0 aliphatic heterocycles. The van der Waals surface area contributed by atoms with Crippen LogP contribution in [-0.2, 0) is 4.79 Å². The van der Waals surface area contributed by atoms with E-state index in [0.29, 0.717) is 24.1 Å². The summed E-state index contributed by atoms with van der Waals surface area (Å²) in [6.45, 7) is 9.01. The monoisotopic (exact) mass is 290 g/mol. The second-order valence-corrected chi connectivity index (χ2v) is 5.53. The van der Waals surface area contributed by atoms with Crippen LogP contribution in [-0.4, -0.2) is 34.6 Å². The number of hydrogen-bond donors (Lipinski definition) is 0. The van der Waals surface area contributed by atoms with Crippen molar-refractivity contribution in [3.8, 4) is 0 Å². The summed E-state index contributed by atoms with van der Waals surface area (Å²) in [5, 5.41) is 0.533. The molecule has 4 nitrogen and oxygen atoms in total. The number of aromatic nitrogens is 1. The molecule has 0 bridgehead atoms. The first kappa shape index (κ1) is 14.7. The van der Waals surface area contributed by atoms with Gasteiger partial charge >= 0.3 is 0 Å². The van der Waals surface area contributed by atoms with Crippen LogP contribution in [0.25, 0.3) is 11.1 Å². The SMILES string of the molecule is C=C(C)CN(CC)C(=O)CSc1nc2ccccc2o1. The molecule has 1 heterocycles. The van der Waals surface area contributed by atoms with Gasteiger partial charge in [-0.25, -0.2) is 4.98 Å². The van der Waals surface area contributed by atoms with Gasteiger partial charge in [0.1, 0.15) is 5.52 Å². The van der Waals surface area contributed by atoms with Crippen LogP contribution < -0.4 is 0 Å². The fraction of sp³-hybridized carbons (Fsp3) is 0.333. The Morgan fingerprint density at radius 3 is 2.85 bits per heavy atom. The highest BCUT2D eigenvalue weighted by molar-refractivity contribution is 7.99. The van der Waals surface area contributed by atoms with E-state index in [-0.39, 0.29) is 5.91 Å². The van der Waals surface area contributed by atoms with Gasteiger partial charge in [-0.3, -0.25) is 4.79 Å². The molecule has 20 heavy (non-hydrogen) atoms. The molecule has 2 rings (SSSR count). The smallest absolute Gasteiger partial charge is 0.257 e. The van der Waals surface area contributed by atoms with Crippen LogP contribution in [0.1, 0.15) is 13.8 Å². The predicted molar refractivity (Wildman–Crippen MR) is 81.8 cm³/mol. The molecule has 1 aromatic carbocycles. The lowest BCUT2D eigenvalue weighted by atomic mass is 10.3. The average Bonchev–Trinajstić information content (AvgIpc) is 2.84. The van der Waals surface area contributed by atoms with Crippen LogP contribution in [0.5, 0.6) is 0 Å². The van der Waals surface area contributed by atoms with Crippen molar-refractivity contribution >= 4 is 28.8 Å².